The van der Waals surface area contributed by atoms with Gasteiger partial charge in [0.15, 0.2) is 0 Å². The van der Waals surface area contributed by atoms with Crippen LogP contribution in [-0.2, 0) is 9.59 Å². The number of carbonyl (C=O) groups is 4. The normalized spacial score (nSPS) is 24.1. The van der Waals surface area contributed by atoms with Crippen molar-refractivity contribution in [2.45, 2.75) is 63.5 Å². The van der Waals surface area contributed by atoms with Gasteiger partial charge in [-0.15, -0.1) is 0 Å². The molecule has 1 unspecified atom stereocenters. The zero-order valence-electron chi connectivity index (χ0n) is 22.2. The number of hydrogen-bond donors (Lipinski definition) is 2. The number of imide groups is 2. The van der Waals surface area contributed by atoms with Crippen LogP contribution in [0.1, 0.15) is 82.5 Å². The highest BCUT2D eigenvalue weighted by Gasteiger charge is 2.44. The van der Waals surface area contributed by atoms with Crippen molar-refractivity contribution in [3.8, 4) is 11.4 Å². The monoisotopic (exact) mass is 538 g/mol. The molecule has 10 nitrogen and oxygen atoms in total. The summed E-state index contributed by atoms with van der Waals surface area (Å²) >= 11 is 0. The Morgan fingerprint density at radius 1 is 1.00 bits per heavy atom. The van der Waals surface area contributed by atoms with Crippen LogP contribution in [0.3, 0.4) is 0 Å². The Labute approximate surface area is 231 Å². The van der Waals surface area contributed by atoms with Gasteiger partial charge < -0.3 is 5.32 Å². The third kappa shape index (κ3) is 4.27. The van der Waals surface area contributed by atoms with Crippen LogP contribution < -0.4 is 10.6 Å². The van der Waals surface area contributed by atoms with Gasteiger partial charge >= 0.3 is 0 Å². The number of amides is 4. The van der Waals surface area contributed by atoms with E-state index in [0.29, 0.717) is 17.9 Å². The lowest BCUT2D eigenvalue weighted by molar-refractivity contribution is -0.136. The van der Waals surface area contributed by atoms with E-state index in [1.165, 1.54) is 18.4 Å². The maximum atomic E-state index is 13.1. The summed E-state index contributed by atoms with van der Waals surface area (Å²) < 4.78 is 2.13. The number of nitrogens with zero attached hydrogens (tertiary/aromatic N) is 4. The van der Waals surface area contributed by atoms with Crippen molar-refractivity contribution in [1.29, 1.82) is 0 Å². The SMILES string of the molecule is Cc1cccc(-c2nn(C3CC(CNc4ccc5c(c4)C(=O)N(C4CCC(=O)NC4=O)C5=O)C3)cc2C2CC2)n1. The quantitative estimate of drug-likeness (QED) is 0.440. The molecule has 3 aromatic rings. The second kappa shape index (κ2) is 9.39. The summed E-state index contributed by atoms with van der Waals surface area (Å²) in [6.45, 7) is 2.75. The van der Waals surface area contributed by atoms with Crippen molar-refractivity contribution in [3.63, 3.8) is 0 Å². The summed E-state index contributed by atoms with van der Waals surface area (Å²) in [5.41, 5.74) is 5.58. The molecule has 4 aliphatic rings. The molecule has 1 atom stereocenters. The first-order valence-electron chi connectivity index (χ1n) is 14.0. The van der Waals surface area contributed by atoms with Gasteiger partial charge in [-0.1, -0.05) is 6.07 Å². The fourth-order valence-corrected chi connectivity index (χ4v) is 6.09. The smallest absolute Gasteiger partial charge is 0.262 e. The van der Waals surface area contributed by atoms with Gasteiger partial charge in [-0.2, -0.15) is 5.10 Å². The van der Waals surface area contributed by atoms with Crippen molar-refractivity contribution in [2.75, 3.05) is 11.9 Å². The molecule has 0 bridgehead atoms. The molecule has 2 aliphatic carbocycles. The minimum absolute atomic E-state index is 0.101. The fourth-order valence-electron chi connectivity index (χ4n) is 6.09. The molecule has 40 heavy (non-hydrogen) atoms. The molecule has 10 heteroatoms. The Hall–Kier alpha value is -4.34. The fraction of sp³-hybridized carbons (Fsp3) is 0.400. The van der Waals surface area contributed by atoms with Gasteiger partial charge in [0.05, 0.1) is 22.9 Å². The van der Waals surface area contributed by atoms with Crippen molar-refractivity contribution in [1.82, 2.24) is 25.0 Å². The Morgan fingerprint density at radius 3 is 2.55 bits per heavy atom. The number of benzene rings is 1. The highest BCUT2D eigenvalue weighted by molar-refractivity contribution is 6.23. The van der Waals surface area contributed by atoms with E-state index in [4.69, 9.17) is 10.1 Å². The van der Waals surface area contributed by atoms with E-state index in [9.17, 15) is 19.2 Å². The molecule has 7 rings (SSSR count). The molecule has 2 aliphatic heterocycles. The average Bonchev–Trinajstić information content (AvgIpc) is 3.62. The lowest BCUT2D eigenvalue weighted by Gasteiger charge is -2.35. The van der Waals surface area contributed by atoms with E-state index in [1.807, 2.05) is 25.1 Å². The van der Waals surface area contributed by atoms with Crippen LogP contribution in [0.2, 0.25) is 0 Å². The molecule has 204 valence electrons. The summed E-state index contributed by atoms with van der Waals surface area (Å²) in [6.07, 6.45) is 6.90. The van der Waals surface area contributed by atoms with Crippen molar-refractivity contribution in [3.05, 3.63) is 65.0 Å². The number of carbonyl (C=O) groups excluding carboxylic acids is 4. The third-order valence-corrected chi connectivity index (χ3v) is 8.53. The number of fused-ring (bicyclic) bond motifs is 1. The zero-order valence-corrected chi connectivity index (χ0v) is 22.2. The van der Waals surface area contributed by atoms with Crippen LogP contribution in [-0.4, -0.2) is 55.9 Å². The number of nitrogens with one attached hydrogen (secondary N) is 2. The van der Waals surface area contributed by atoms with E-state index in [2.05, 4.69) is 21.5 Å². The van der Waals surface area contributed by atoms with E-state index >= 15 is 0 Å². The molecule has 2 saturated carbocycles. The van der Waals surface area contributed by atoms with Crippen LogP contribution >= 0.6 is 0 Å². The Bertz CT molecular complexity index is 1570. The maximum absolute atomic E-state index is 13.1. The predicted molar refractivity (Wildman–Crippen MR) is 146 cm³/mol. The standard InChI is InChI=1S/C30H30N6O4/c1-16-3-2-4-24(32-16)27-23(18-5-6-18)15-35(34-27)20-11-17(12-20)14-31-19-7-8-21-22(13-19)30(40)36(29(21)39)25-9-10-26(37)33-28(25)38/h2-4,7-8,13,15,17-18,20,25,31H,5-6,9-12,14H2,1H3,(H,33,37,38). The van der Waals surface area contributed by atoms with E-state index in [0.717, 1.165) is 47.1 Å². The maximum Gasteiger partial charge on any atom is 0.262 e. The first kappa shape index (κ1) is 24.7. The van der Waals surface area contributed by atoms with Crippen molar-refractivity contribution < 1.29 is 19.2 Å². The molecular formula is C30H30N6O4. The summed E-state index contributed by atoms with van der Waals surface area (Å²) in [5, 5.41) is 10.6. The van der Waals surface area contributed by atoms with Gasteiger partial charge in [0.1, 0.15) is 11.7 Å². The molecule has 4 amide bonds. The molecule has 0 radical (unpaired) electrons. The van der Waals surface area contributed by atoms with Gasteiger partial charge in [-0.3, -0.25) is 39.1 Å². The molecule has 1 aromatic carbocycles. The Balaban J connectivity index is 0.989. The van der Waals surface area contributed by atoms with E-state index in [1.54, 1.807) is 18.2 Å². The topological polar surface area (TPSA) is 126 Å². The zero-order chi connectivity index (χ0) is 27.5. The third-order valence-electron chi connectivity index (χ3n) is 8.53. The molecule has 0 spiro atoms. The molecule has 2 N–H and O–H groups in total. The lowest BCUT2D eigenvalue weighted by atomic mass is 9.80. The molecule has 3 fully saturated rings. The largest absolute Gasteiger partial charge is 0.385 e. The Kier molecular flexibility index (Phi) is 5.80. The number of aryl methyl sites for hydroxylation is 1. The lowest BCUT2D eigenvalue weighted by Crippen LogP contribution is -2.54. The molecule has 1 saturated heterocycles. The summed E-state index contributed by atoms with van der Waals surface area (Å²) in [5.74, 6) is -0.929. The number of piperidine rings is 1. The van der Waals surface area contributed by atoms with Crippen LogP contribution in [0.25, 0.3) is 11.4 Å². The average molecular weight is 539 g/mol. The number of hydrogen-bond acceptors (Lipinski definition) is 7. The number of anilines is 1. The van der Waals surface area contributed by atoms with Crippen LogP contribution in [0.15, 0.2) is 42.6 Å². The second-order valence-corrected chi connectivity index (χ2v) is 11.4. The molecule has 4 heterocycles. The van der Waals surface area contributed by atoms with Crippen LogP contribution in [0.5, 0.6) is 0 Å². The number of aromatic nitrogens is 3. The van der Waals surface area contributed by atoms with E-state index in [-0.39, 0.29) is 29.9 Å². The van der Waals surface area contributed by atoms with Gasteiger partial charge in [-0.05, 0) is 81.2 Å². The minimum atomic E-state index is -0.960. The summed E-state index contributed by atoms with van der Waals surface area (Å²) in [6, 6.07) is 10.6. The first-order valence-corrected chi connectivity index (χ1v) is 14.0. The molecular weight excluding hydrogens is 508 g/mol. The van der Waals surface area contributed by atoms with E-state index < -0.39 is 23.8 Å². The van der Waals surface area contributed by atoms with Crippen LogP contribution in [0.4, 0.5) is 5.69 Å². The highest BCUT2D eigenvalue weighted by Crippen LogP contribution is 2.46. The van der Waals surface area contributed by atoms with Crippen LogP contribution in [0, 0.1) is 12.8 Å². The molecule has 2 aromatic heterocycles. The van der Waals surface area contributed by atoms with Crippen molar-refractivity contribution >= 4 is 29.3 Å². The minimum Gasteiger partial charge on any atom is -0.385 e. The predicted octanol–water partition coefficient (Wildman–Crippen LogP) is 3.60. The van der Waals surface area contributed by atoms with Gasteiger partial charge in [-0.25, -0.2) is 0 Å². The summed E-state index contributed by atoms with van der Waals surface area (Å²) in [4.78, 5) is 55.5. The van der Waals surface area contributed by atoms with Gasteiger partial charge in [0.2, 0.25) is 11.8 Å². The van der Waals surface area contributed by atoms with Crippen molar-refractivity contribution in [2.24, 2.45) is 5.92 Å². The second-order valence-electron chi connectivity index (χ2n) is 11.4. The number of rotatable bonds is 7. The van der Waals surface area contributed by atoms with Gasteiger partial charge in [0.25, 0.3) is 11.8 Å². The highest BCUT2D eigenvalue weighted by atomic mass is 16.2. The van der Waals surface area contributed by atoms with Gasteiger partial charge in [0, 0.05) is 36.1 Å². The Morgan fingerprint density at radius 2 is 1.80 bits per heavy atom. The number of pyridine rings is 1. The summed E-state index contributed by atoms with van der Waals surface area (Å²) in [7, 11) is 0. The first-order chi connectivity index (χ1) is 19.4.